The van der Waals surface area contributed by atoms with E-state index in [1.54, 1.807) is 0 Å². The fourth-order valence-corrected chi connectivity index (χ4v) is 6.18. The molecule has 170 valence electrons. The molecule has 0 amide bonds. The number of nitrogens with one attached hydrogen (secondary N) is 5. The summed E-state index contributed by atoms with van der Waals surface area (Å²) in [5.41, 5.74) is 10.0. The molecule has 5 N–H and O–H groups in total. The maximum Gasteiger partial charge on any atom is 0.123 e. The third-order valence-corrected chi connectivity index (χ3v) is 7.98. The van der Waals surface area contributed by atoms with Gasteiger partial charge in [-0.1, -0.05) is 24.3 Å². The fourth-order valence-electron chi connectivity index (χ4n) is 6.18. The van der Waals surface area contributed by atoms with E-state index in [2.05, 4.69) is 69.7 Å². The van der Waals surface area contributed by atoms with Crippen LogP contribution < -0.4 is 21.3 Å². The van der Waals surface area contributed by atoms with E-state index in [0.29, 0.717) is 6.04 Å². The Bertz CT molecular complexity index is 1240. The van der Waals surface area contributed by atoms with Gasteiger partial charge in [-0.25, -0.2) is 4.98 Å². The summed E-state index contributed by atoms with van der Waals surface area (Å²) < 4.78 is 0. The Morgan fingerprint density at radius 1 is 1.06 bits per heavy atom. The summed E-state index contributed by atoms with van der Waals surface area (Å²) in [5, 5.41) is 13.8. The van der Waals surface area contributed by atoms with E-state index < -0.39 is 0 Å². The molecule has 6 heteroatoms. The van der Waals surface area contributed by atoms with Crippen LogP contribution in [0.2, 0.25) is 0 Å². The Kier molecular flexibility index (Phi) is 4.82. The number of imidazole rings is 1. The first-order valence-electron chi connectivity index (χ1n) is 12.0. The van der Waals surface area contributed by atoms with Crippen molar-refractivity contribution in [3.8, 4) is 33.5 Å². The van der Waals surface area contributed by atoms with E-state index in [4.69, 9.17) is 4.98 Å². The highest BCUT2D eigenvalue weighted by Gasteiger charge is 2.49. The van der Waals surface area contributed by atoms with Crippen LogP contribution in [0, 0.1) is 0 Å². The molecule has 0 unspecified atom stereocenters. The molecule has 2 aliphatic carbocycles. The topological polar surface area (TPSA) is 76.8 Å². The van der Waals surface area contributed by atoms with Crippen LogP contribution in [-0.2, 0) is 0 Å². The van der Waals surface area contributed by atoms with Gasteiger partial charge in [-0.15, -0.1) is 0 Å². The number of aromatic amines is 1. The lowest BCUT2D eigenvalue weighted by molar-refractivity contribution is 0.345. The van der Waals surface area contributed by atoms with E-state index in [1.807, 2.05) is 26.5 Å². The van der Waals surface area contributed by atoms with Crippen LogP contribution >= 0.6 is 0 Å². The minimum Gasteiger partial charge on any atom is -0.392 e. The predicted octanol–water partition coefficient (Wildman–Crippen LogP) is 4.01. The molecule has 0 radical (unpaired) electrons. The minimum atomic E-state index is 0.228. The summed E-state index contributed by atoms with van der Waals surface area (Å²) in [6, 6.07) is 14.3. The van der Waals surface area contributed by atoms with Gasteiger partial charge in [-0.3, -0.25) is 0 Å². The third kappa shape index (κ3) is 3.12. The number of benzene rings is 2. The van der Waals surface area contributed by atoms with Crippen LogP contribution in [-0.4, -0.2) is 42.7 Å². The van der Waals surface area contributed by atoms with Crippen LogP contribution in [0.15, 0.2) is 48.8 Å². The number of aromatic nitrogens is 2. The lowest BCUT2D eigenvalue weighted by Gasteiger charge is -2.27. The first kappa shape index (κ1) is 20.5. The van der Waals surface area contributed by atoms with Crippen molar-refractivity contribution >= 4 is 5.70 Å². The highest BCUT2D eigenvalue weighted by Crippen LogP contribution is 2.49. The molecule has 1 aliphatic heterocycles. The molecule has 0 bridgehead atoms. The Balaban J connectivity index is 1.24. The van der Waals surface area contributed by atoms with E-state index in [9.17, 15) is 0 Å². The number of nitrogens with zero attached hydrogens (tertiary/aromatic N) is 1. The maximum absolute atomic E-state index is 4.77. The van der Waals surface area contributed by atoms with Gasteiger partial charge in [0.05, 0.1) is 23.6 Å². The molecule has 6 rings (SSSR count). The minimum absolute atomic E-state index is 0.228. The summed E-state index contributed by atoms with van der Waals surface area (Å²) in [5.74, 6) is 1.05. The second-order valence-corrected chi connectivity index (χ2v) is 9.57. The number of fused-ring (bicyclic) bond motifs is 5. The van der Waals surface area contributed by atoms with E-state index in [-0.39, 0.29) is 11.6 Å². The van der Waals surface area contributed by atoms with Crippen molar-refractivity contribution in [1.82, 2.24) is 31.2 Å². The average Bonchev–Trinajstić information content (AvgIpc) is 3.55. The second-order valence-electron chi connectivity index (χ2n) is 9.57. The van der Waals surface area contributed by atoms with Crippen molar-refractivity contribution in [3.63, 3.8) is 0 Å². The molecule has 1 saturated carbocycles. The SMILES string of the molecule is CN/C=C(\NC)c1ccc2c(c1)-c1ccc(-c3cnc([C@@H]4C[C@]5(NC)CCC[C@@H]5N4)[nH]3)cc1-2. The Labute approximate surface area is 195 Å². The average molecular weight is 441 g/mol. The normalized spacial score (nSPS) is 25.2. The summed E-state index contributed by atoms with van der Waals surface area (Å²) >= 11 is 0. The van der Waals surface area contributed by atoms with Crippen LogP contribution in [0.4, 0.5) is 0 Å². The van der Waals surface area contributed by atoms with Gasteiger partial charge in [0.2, 0.25) is 0 Å². The lowest BCUT2D eigenvalue weighted by atomic mass is 9.78. The molecule has 1 saturated heterocycles. The maximum atomic E-state index is 4.77. The fraction of sp³-hybridized carbons (Fsp3) is 0.370. The summed E-state index contributed by atoms with van der Waals surface area (Å²) in [4.78, 5) is 8.39. The van der Waals surface area contributed by atoms with E-state index in [0.717, 1.165) is 23.6 Å². The van der Waals surface area contributed by atoms with Crippen LogP contribution in [0.1, 0.15) is 43.1 Å². The number of likely N-dealkylation sites (N-methyl/N-ethyl adjacent to an activating group) is 1. The molecule has 2 fully saturated rings. The Morgan fingerprint density at radius 3 is 2.64 bits per heavy atom. The van der Waals surface area contributed by atoms with Gasteiger partial charge in [0, 0.05) is 37.4 Å². The smallest absolute Gasteiger partial charge is 0.123 e. The van der Waals surface area contributed by atoms with Gasteiger partial charge in [0.25, 0.3) is 0 Å². The van der Waals surface area contributed by atoms with Crippen molar-refractivity contribution in [2.45, 2.75) is 43.3 Å². The molecule has 3 atom stereocenters. The van der Waals surface area contributed by atoms with Gasteiger partial charge >= 0.3 is 0 Å². The Morgan fingerprint density at radius 2 is 1.88 bits per heavy atom. The number of rotatable bonds is 6. The highest BCUT2D eigenvalue weighted by atomic mass is 15.2. The van der Waals surface area contributed by atoms with Crippen molar-refractivity contribution in [2.75, 3.05) is 21.1 Å². The van der Waals surface area contributed by atoms with Crippen LogP contribution in [0.5, 0.6) is 0 Å². The Hall–Kier alpha value is -3.09. The predicted molar refractivity (Wildman–Crippen MR) is 134 cm³/mol. The third-order valence-electron chi connectivity index (χ3n) is 7.98. The zero-order valence-electron chi connectivity index (χ0n) is 19.5. The standard InChI is InChI=1S/C27H32N6/c1-28-14-23(29-2)16-6-8-18-20(11-16)19-9-7-17(12-21(18)19)24-15-31-26(33-24)22-13-27(30-3)10-4-5-25(27)32-22/h6-9,11-12,14-15,22,25,28-30,32H,4-5,10,13H2,1-3H3,(H,31,33)/b23-14-/t22-,25-,27+/m0/s1. The largest absolute Gasteiger partial charge is 0.392 e. The van der Waals surface area contributed by atoms with Gasteiger partial charge in [-0.2, -0.15) is 0 Å². The van der Waals surface area contributed by atoms with Crippen LogP contribution in [0.3, 0.4) is 0 Å². The zero-order valence-corrected chi connectivity index (χ0v) is 19.5. The van der Waals surface area contributed by atoms with Crippen molar-refractivity contribution in [2.24, 2.45) is 0 Å². The highest BCUT2D eigenvalue weighted by molar-refractivity contribution is 6.04. The van der Waals surface area contributed by atoms with Crippen molar-refractivity contribution < 1.29 is 0 Å². The molecule has 3 aromatic rings. The molecule has 0 spiro atoms. The summed E-state index contributed by atoms with van der Waals surface area (Å²) in [7, 11) is 5.98. The molecule has 33 heavy (non-hydrogen) atoms. The lowest BCUT2D eigenvalue weighted by Crippen LogP contribution is -2.48. The monoisotopic (exact) mass is 440 g/mol. The zero-order chi connectivity index (χ0) is 22.6. The van der Waals surface area contributed by atoms with Crippen molar-refractivity contribution in [3.05, 3.63) is 60.2 Å². The summed E-state index contributed by atoms with van der Waals surface area (Å²) in [6.07, 6.45) is 8.87. The van der Waals surface area contributed by atoms with Gasteiger partial charge in [0.15, 0.2) is 0 Å². The number of hydrogen-bond acceptors (Lipinski definition) is 5. The van der Waals surface area contributed by atoms with Gasteiger partial charge < -0.3 is 26.3 Å². The van der Waals surface area contributed by atoms with E-state index in [1.165, 1.54) is 52.6 Å². The molecule has 1 aromatic heterocycles. The molecular weight excluding hydrogens is 408 g/mol. The molecule has 6 nitrogen and oxygen atoms in total. The quantitative estimate of drug-likeness (QED) is 0.313. The molecule has 3 aliphatic rings. The first-order chi connectivity index (χ1) is 16.2. The molecule has 2 aromatic carbocycles. The van der Waals surface area contributed by atoms with E-state index >= 15 is 0 Å². The van der Waals surface area contributed by atoms with Gasteiger partial charge in [-0.05, 0) is 72.7 Å². The second kappa shape index (κ2) is 7.75. The number of H-pyrrole nitrogens is 1. The van der Waals surface area contributed by atoms with Crippen LogP contribution in [0.25, 0.3) is 39.2 Å². The molecule has 2 heterocycles. The first-order valence-corrected chi connectivity index (χ1v) is 12.0. The number of hydrogen-bond donors (Lipinski definition) is 5. The van der Waals surface area contributed by atoms with Crippen molar-refractivity contribution in [1.29, 1.82) is 0 Å². The summed E-state index contributed by atoms with van der Waals surface area (Å²) in [6.45, 7) is 0. The molecular formula is C27H32N6. The van der Waals surface area contributed by atoms with Gasteiger partial charge in [0.1, 0.15) is 5.82 Å².